The maximum Gasteiger partial charge on any atom is 0.0287 e. The smallest absolute Gasteiger partial charge is 0.0287 e. The quantitative estimate of drug-likeness (QED) is 0.254. The zero-order chi connectivity index (χ0) is 41.9. The third kappa shape index (κ3) is 7.27. The minimum Gasteiger partial charge on any atom is -0.294 e. The van der Waals surface area contributed by atoms with Crippen molar-refractivity contribution in [1.29, 1.82) is 0 Å². The molecule has 13 fully saturated rings. The first-order valence-electron chi connectivity index (χ1n) is 30.4. The van der Waals surface area contributed by atoms with Gasteiger partial charge < -0.3 is 0 Å². The summed E-state index contributed by atoms with van der Waals surface area (Å²) in [6.45, 7) is 0. The van der Waals surface area contributed by atoms with Crippen molar-refractivity contribution < 1.29 is 0 Å². The van der Waals surface area contributed by atoms with E-state index in [9.17, 15) is 0 Å². The van der Waals surface area contributed by atoms with Gasteiger partial charge in [-0.1, -0.05) is 89.2 Å². The maximum absolute atomic E-state index is 3.38. The minimum atomic E-state index is 0.763. The second kappa shape index (κ2) is 18.0. The van der Waals surface area contributed by atoms with Crippen molar-refractivity contribution in [2.24, 2.45) is 71.0 Å². The number of fused-ring (bicyclic) bond motifs is 12. The third-order valence-electron chi connectivity index (χ3n) is 24.9. The Morgan fingerprint density at radius 2 is 0.672 bits per heavy atom. The number of hydrogen-bond acceptors (Lipinski definition) is 4. The van der Waals surface area contributed by atoms with E-state index in [1.54, 1.807) is 109 Å². The van der Waals surface area contributed by atoms with E-state index >= 15 is 0 Å². The highest BCUT2D eigenvalue weighted by Crippen LogP contribution is 2.62. The van der Waals surface area contributed by atoms with Gasteiger partial charge in [0, 0.05) is 64.9 Å². The number of thioether (sulfide) groups is 1. The highest BCUT2D eigenvalue weighted by Gasteiger charge is 2.60. The molecule has 4 aliphatic heterocycles. The summed E-state index contributed by atoms with van der Waals surface area (Å²) in [5.74, 6) is 12.5. The lowest BCUT2D eigenvalue weighted by Gasteiger charge is -2.47. The Labute approximate surface area is 397 Å². The fourth-order valence-electron chi connectivity index (χ4n) is 22.7. The van der Waals surface area contributed by atoms with Crippen molar-refractivity contribution >= 4 is 11.8 Å². The normalized spacial score (nSPS) is 53.7. The number of likely N-dealkylation sites (tertiary alicyclic amines) is 3. The van der Waals surface area contributed by atoms with E-state index in [1.807, 2.05) is 0 Å². The van der Waals surface area contributed by atoms with Gasteiger partial charge in [0.1, 0.15) is 0 Å². The monoisotopic (exact) mass is 890 g/mol. The molecule has 64 heavy (non-hydrogen) atoms. The second-order valence-electron chi connectivity index (χ2n) is 27.1. The molecule has 0 bridgehead atoms. The van der Waals surface area contributed by atoms with Crippen LogP contribution in [0.4, 0.5) is 0 Å². The largest absolute Gasteiger partial charge is 0.294 e. The van der Waals surface area contributed by atoms with Gasteiger partial charge in [-0.05, 0) is 219 Å². The van der Waals surface area contributed by atoms with Crippen LogP contribution >= 0.6 is 11.8 Å². The van der Waals surface area contributed by atoms with Crippen LogP contribution in [0.5, 0.6) is 0 Å². The molecule has 14 aliphatic rings. The van der Waals surface area contributed by atoms with E-state index < -0.39 is 0 Å². The average Bonchev–Trinajstić information content (AvgIpc) is 4.10. The molecule has 0 radical (unpaired) electrons. The van der Waals surface area contributed by atoms with Gasteiger partial charge in [-0.2, -0.15) is 11.8 Å². The van der Waals surface area contributed by atoms with Crippen LogP contribution in [0, 0.1) is 71.0 Å². The molecule has 9 saturated carbocycles. The van der Waals surface area contributed by atoms with Crippen LogP contribution in [0.1, 0.15) is 225 Å². The average molecular weight is 891 g/mol. The number of rotatable bonds is 5. The summed E-state index contributed by atoms with van der Waals surface area (Å²) < 4.78 is 0. The first-order chi connectivity index (χ1) is 31.7. The van der Waals surface area contributed by atoms with Crippen molar-refractivity contribution in [2.75, 3.05) is 0 Å². The molecular weight excluding hydrogens is 795 g/mol. The number of nitrogens with zero attached hydrogens (tertiary/aromatic N) is 3. The molecule has 4 heteroatoms. The summed E-state index contributed by atoms with van der Waals surface area (Å²) in [6, 6.07) is 8.31. The van der Waals surface area contributed by atoms with Gasteiger partial charge in [0.05, 0.1) is 0 Å². The molecule has 0 aromatic heterocycles. The van der Waals surface area contributed by atoms with Gasteiger partial charge in [0.25, 0.3) is 0 Å². The summed E-state index contributed by atoms with van der Waals surface area (Å²) in [5, 5.41) is 1.84. The van der Waals surface area contributed by atoms with Crippen molar-refractivity contribution in [2.45, 2.75) is 290 Å². The minimum absolute atomic E-state index is 0.763. The molecule has 14 rings (SSSR count). The SMILES string of the molecule is C1=CC(N2C3CCCCC3C3CC(C4CCC5C(C4)C4CC(C6CCC7C(C6)C6CCCCC6N7C6CCCCC6)CCC4N5C4CCCCC4)CCC32)CC2C1SC1CCCCC12. The van der Waals surface area contributed by atoms with Crippen LogP contribution in [0.15, 0.2) is 12.2 Å². The molecule has 0 N–H and O–H groups in total. The van der Waals surface area contributed by atoms with E-state index in [0.717, 1.165) is 136 Å². The predicted octanol–water partition coefficient (Wildman–Crippen LogP) is 14.5. The topological polar surface area (TPSA) is 9.72 Å². The van der Waals surface area contributed by atoms with Crippen LogP contribution in [0.25, 0.3) is 0 Å². The van der Waals surface area contributed by atoms with Crippen LogP contribution in [-0.4, -0.2) is 79.6 Å². The third-order valence-corrected chi connectivity index (χ3v) is 26.7. The lowest BCUT2D eigenvalue weighted by molar-refractivity contribution is 0.0295. The first-order valence-corrected chi connectivity index (χ1v) is 31.3. The second-order valence-corrected chi connectivity index (χ2v) is 28.5. The lowest BCUT2D eigenvalue weighted by Crippen LogP contribution is -2.49. The van der Waals surface area contributed by atoms with Gasteiger partial charge in [0.2, 0.25) is 0 Å². The Morgan fingerprint density at radius 1 is 0.281 bits per heavy atom. The van der Waals surface area contributed by atoms with E-state index in [1.165, 1.54) is 116 Å². The lowest BCUT2D eigenvalue weighted by atomic mass is 9.60. The van der Waals surface area contributed by atoms with Crippen LogP contribution < -0.4 is 0 Å². The Morgan fingerprint density at radius 3 is 1.19 bits per heavy atom. The van der Waals surface area contributed by atoms with Crippen molar-refractivity contribution in [3.63, 3.8) is 0 Å². The fourth-order valence-corrected chi connectivity index (χ4v) is 24.6. The van der Waals surface area contributed by atoms with Gasteiger partial charge in [0.15, 0.2) is 0 Å². The van der Waals surface area contributed by atoms with Crippen LogP contribution in [0.2, 0.25) is 0 Å². The number of hydrogen-bond donors (Lipinski definition) is 0. The Bertz CT molecular complexity index is 1650. The highest BCUT2D eigenvalue weighted by molar-refractivity contribution is 8.01. The molecular formula is C60H95N3S. The molecule has 4 heterocycles. The highest BCUT2D eigenvalue weighted by atomic mass is 32.2. The Kier molecular flexibility index (Phi) is 12.0. The molecule has 3 nitrogen and oxygen atoms in total. The van der Waals surface area contributed by atoms with Crippen LogP contribution in [-0.2, 0) is 0 Å². The zero-order valence-corrected chi connectivity index (χ0v) is 41.7. The van der Waals surface area contributed by atoms with E-state index in [0.29, 0.717) is 0 Å². The molecule has 0 aromatic carbocycles. The van der Waals surface area contributed by atoms with Gasteiger partial charge in [-0.25, -0.2) is 0 Å². The van der Waals surface area contributed by atoms with Crippen LogP contribution in [0.3, 0.4) is 0 Å². The molecule has 0 spiro atoms. The zero-order valence-electron chi connectivity index (χ0n) is 40.9. The Hall–Kier alpha value is -0.0300. The van der Waals surface area contributed by atoms with Gasteiger partial charge >= 0.3 is 0 Å². The van der Waals surface area contributed by atoms with Gasteiger partial charge in [-0.3, -0.25) is 14.7 Å². The summed E-state index contributed by atoms with van der Waals surface area (Å²) in [7, 11) is 0. The Balaban J connectivity index is 0.680. The molecule has 0 amide bonds. The summed E-state index contributed by atoms with van der Waals surface area (Å²) in [5.41, 5.74) is 0. The summed E-state index contributed by atoms with van der Waals surface area (Å²) in [4.78, 5) is 9.98. The molecule has 10 aliphatic carbocycles. The molecule has 4 saturated heterocycles. The maximum atomic E-state index is 3.38. The van der Waals surface area contributed by atoms with Crippen molar-refractivity contribution in [1.82, 2.24) is 14.7 Å². The first kappa shape index (κ1) is 42.8. The van der Waals surface area contributed by atoms with Crippen molar-refractivity contribution in [3.8, 4) is 0 Å². The summed E-state index contributed by atoms with van der Waals surface area (Å²) >= 11 is 2.41. The molecule has 21 unspecified atom stereocenters. The van der Waals surface area contributed by atoms with Crippen molar-refractivity contribution in [3.05, 3.63) is 12.2 Å². The fraction of sp³-hybridized carbons (Fsp3) is 0.967. The standard InChI is InChI=1S/C60H95N3S/c1-3-13-42(14-4-1)61-53-20-10-7-17-45(53)48-33-38(23-28-55(48)61)40-25-30-57-50(35-40)51-36-41(26-31-58(51)62(57)43-15-5-2-6-16-43)39-24-29-56-49(34-39)46-18-8-11-21-54(46)63(56)44-27-32-60-52(37-44)47-19-9-12-22-59(47)64-60/h27,32,38-60H,1-26,28-31,33-37H2. The molecule has 0 aromatic rings. The van der Waals surface area contributed by atoms with E-state index in [4.69, 9.17) is 0 Å². The van der Waals surface area contributed by atoms with E-state index in [-0.39, 0.29) is 0 Å². The molecule has 356 valence electrons. The summed E-state index contributed by atoms with van der Waals surface area (Å²) in [6.07, 6.45) is 60.0. The predicted molar refractivity (Wildman–Crippen MR) is 267 cm³/mol. The molecule has 21 atom stereocenters. The van der Waals surface area contributed by atoms with Gasteiger partial charge in [-0.15, -0.1) is 0 Å². The van der Waals surface area contributed by atoms with E-state index in [2.05, 4.69) is 38.6 Å².